The molecule has 2 amide bonds. The lowest BCUT2D eigenvalue weighted by Crippen LogP contribution is -2.40. The number of carbonyl (C=O) groups is 2. The van der Waals surface area contributed by atoms with Crippen LogP contribution in [-0.4, -0.2) is 24.9 Å². The van der Waals surface area contributed by atoms with Crippen molar-refractivity contribution < 1.29 is 14.0 Å². The van der Waals surface area contributed by atoms with Gasteiger partial charge in [0.25, 0.3) is 0 Å². The van der Waals surface area contributed by atoms with Gasteiger partial charge in [-0.05, 0) is 12.1 Å². The number of carbonyl (C=O) groups excluding carboxylic acids is 2. The summed E-state index contributed by atoms with van der Waals surface area (Å²) < 4.78 is 13.3. The van der Waals surface area contributed by atoms with Gasteiger partial charge in [-0.25, -0.2) is 4.39 Å². The quantitative estimate of drug-likeness (QED) is 0.767. The van der Waals surface area contributed by atoms with Crippen molar-refractivity contribution in [3.63, 3.8) is 0 Å². The van der Waals surface area contributed by atoms with Gasteiger partial charge in [0.1, 0.15) is 18.4 Å². The zero-order chi connectivity index (χ0) is 14.7. The molecule has 1 aliphatic rings. The zero-order valence-corrected chi connectivity index (χ0v) is 10.6. The Balaban J connectivity index is 2.13. The molecule has 3 N–H and O–H groups in total. The Morgan fingerprint density at radius 2 is 2.30 bits per heavy atom. The van der Waals surface area contributed by atoms with Gasteiger partial charge in [0.2, 0.25) is 11.8 Å². The van der Waals surface area contributed by atoms with Crippen LogP contribution in [0.1, 0.15) is 18.0 Å². The smallest absolute Gasteiger partial charge is 0.249 e. The molecule has 1 aromatic rings. The molecule has 7 heteroatoms. The van der Waals surface area contributed by atoms with Crippen LogP contribution in [0.5, 0.6) is 0 Å². The van der Waals surface area contributed by atoms with Gasteiger partial charge in [0.05, 0.1) is 18.2 Å². The molecule has 2 rings (SSSR count). The number of anilines is 1. The maximum absolute atomic E-state index is 13.3. The maximum Gasteiger partial charge on any atom is 0.249 e. The summed E-state index contributed by atoms with van der Waals surface area (Å²) in [6, 6.07) is 4.87. The second-order valence-electron chi connectivity index (χ2n) is 4.36. The molecule has 1 aromatic carbocycles. The SMILES string of the molecule is N#CCCNC(=O)CN1C(=O)C(N)c2ccc(F)cc21. The third-order valence-electron chi connectivity index (χ3n) is 3.01. The van der Waals surface area contributed by atoms with E-state index in [0.717, 1.165) is 4.90 Å². The van der Waals surface area contributed by atoms with E-state index in [1.54, 1.807) is 0 Å². The van der Waals surface area contributed by atoms with E-state index in [9.17, 15) is 14.0 Å². The number of halogens is 1. The van der Waals surface area contributed by atoms with Crippen molar-refractivity contribution in [1.82, 2.24) is 5.32 Å². The fourth-order valence-corrected chi connectivity index (χ4v) is 2.05. The first kappa shape index (κ1) is 14.0. The second kappa shape index (κ2) is 5.67. The Kier molecular flexibility index (Phi) is 3.96. The molecule has 6 nitrogen and oxygen atoms in total. The normalized spacial score (nSPS) is 16.8. The molecule has 0 saturated heterocycles. The topological polar surface area (TPSA) is 99.2 Å². The molecular formula is C13H13FN4O2. The van der Waals surface area contributed by atoms with Crippen LogP contribution in [0.4, 0.5) is 10.1 Å². The second-order valence-corrected chi connectivity index (χ2v) is 4.36. The highest BCUT2D eigenvalue weighted by molar-refractivity contribution is 6.07. The van der Waals surface area contributed by atoms with Gasteiger partial charge < -0.3 is 16.0 Å². The van der Waals surface area contributed by atoms with Gasteiger partial charge in [0, 0.05) is 12.1 Å². The van der Waals surface area contributed by atoms with E-state index in [2.05, 4.69) is 5.32 Å². The fourth-order valence-electron chi connectivity index (χ4n) is 2.05. The number of rotatable bonds is 4. The van der Waals surface area contributed by atoms with Crippen LogP contribution in [0.2, 0.25) is 0 Å². The lowest BCUT2D eigenvalue weighted by atomic mass is 10.1. The summed E-state index contributed by atoms with van der Waals surface area (Å²) in [5.41, 5.74) is 6.56. The Morgan fingerprint density at radius 3 is 3.00 bits per heavy atom. The highest BCUT2D eigenvalue weighted by Gasteiger charge is 2.35. The van der Waals surface area contributed by atoms with Crippen LogP contribution in [0.3, 0.4) is 0 Å². The fraction of sp³-hybridized carbons (Fsp3) is 0.308. The summed E-state index contributed by atoms with van der Waals surface area (Å²) in [5, 5.41) is 10.9. The van der Waals surface area contributed by atoms with Crippen LogP contribution in [-0.2, 0) is 9.59 Å². The first-order valence-electron chi connectivity index (χ1n) is 6.04. The van der Waals surface area contributed by atoms with Crippen molar-refractivity contribution >= 4 is 17.5 Å². The summed E-state index contributed by atoms with van der Waals surface area (Å²) in [5.74, 6) is -1.36. The Labute approximate surface area is 115 Å². The zero-order valence-electron chi connectivity index (χ0n) is 10.6. The predicted octanol–water partition coefficient (Wildman–Crippen LogP) is 0.202. The minimum atomic E-state index is -0.877. The summed E-state index contributed by atoms with van der Waals surface area (Å²) in [6.07, 6.45) is 0.185. The minimum absolute atomic E-state index is 0.185. The summed E-state index contributed by atoms with van der Waals surface area (Å²) in [7, 11) is 0. The molecule has 0 radical (unpaired) electrons. The third kappa shape index (κ3) is 2.60. The number of benzene rings is 1. The first-order valence-corrected chi connectivity index (χ1v) is 6.04. The summed E-state index contributed by atoms with van der Waals surface area (Å²) in [4.78, 5) is 24.8. The molecule has 0 bridgehead atoms. The van der Waals surface area contributed by atoms with Crippen molar-refractivity contribution in [3.05, 3.63) is 29.6 Å². The molecule has 0 fully saturated rings. The van der Waals surface area contributed by atoms with E-state index < -0.39 is 23.7 Å². The highest BCUT2D eigenvalue weighted by atomic mass is 19.1. The molecule has 20 heavy (non-hydrogen) atoms. The van der Waals surface area contributed by atoms with Gasteiger partial charge in [-0.1, -0.05) is 6.07 Å². The highest BCUT2D eigenvalue weighted by Crippen LogP contribution is 2.34. The number of hydrogen-bond acceptors (Lipinski definition) is 4. The van der Waals surface area contributed by atoms with Gasteiger partial charge in [-0.15, -0.1) is 0 Å². The Bertz CT molecular complexity index is 597. The standard InChI is InChI=1S/C13H13FN4O2/c14-8-2-3-9-10(6-8)18(13(20)12(9)16)7-11(19)17-5-1-4-15/h2-3,6,12H,1,5,7,16H2,(H,17,19). The van der Waals surface area contributed by atoms with E-state index in [0.29, 0.717) is 11.3 Å². The molecule has 0 aromatic heterocycles. The lowest BCUT2D eigenvalue weighted by molar-refractivity contribution is -0.124. The van der Waals surface area contributed by atoms with Gasteiger partial charge >= 0.3 is 0 Å². The summed E-state index contributed by atoms with van der Waals surface area (Å²) in [6.45, 7) is -0.0339. The molecule has 1 aliphatic heterocycles. The number of hydrogen-bond donors (Lipinski definition) is 2. The molecule has 104 valence electrons. The van der Waals surface area contributed by atoms with Crippen molar-refractivity contribution in [2.24, 2.45) is 5.73 Å². The average Bonchev–Trinajstić information content (AvgIpc) is 2.64. The molecular weight excluding hydrogens is 263 g/mol. The average molecular weight is 276 g/mol. The minimum Gasteiger partial charge on any atom is -0.354 e. The number of amides is 2. The van der Waals surface area contributed by atoms with Crippen LogP contribution >= 0.6 is 0 Å². The van der Waals surface area contributed by atoms with Crippen molar-refractivity contribution in [2.45, 2.75) is 12.5 Å². The molecule has 0 aliphatic carbocycles. The monoisotopic (exact) mass is 276 g/mol. The molecule has 1 atom stereocenters. The number of nitrogens with zero attached hydrogens (tertiary/aromatic N) is 2. The number of nitrogens with two attached hydrogens (primary N) is 1. The largest absolute Gasteiger partial charge is 0.354 e. The predicted molar refractivity (Wildman–Crippen MR) is 68.9 cm³/mol. The molecule has 0 saturated carbocycles. The van der Waals surface area contributed by atoms with Crippen LogP contribution in [0.25, 0.3) is 0 Å². The molecule has 0 spiro atoms. The number of nitriles is 1. The number of nitrogens with one attached hydrogen (secondary N) is 1. The van der Waals surface area contributed by atoms with Crippen molar-refractivity contribution in [1.29, 1.82) is 5.26 Å². The molecule has 1 heterocycles. The van der Waals surface area contributed by atoms with E-state index in [1.165, 1.54) is 18.2 Å². The Hall–Kier alpha value is -2.46. The third-order valence-corrected chi connectivity index (χ3v) is 3.01. The first-order chi connectivity index (χ1) is 9.54. The van der Waals surface area contributed by atoms with E-state index >= 15 is 0 Å². The van der Waals surface area contributed by atoms with Crippen LogP contribution in [0, 0.1) is 17.1 Å². The maximum atomic E-state index is 13.3. The summed E-state index contributed by atoms with van der Waals surface area (Å²) >= 11 is 0. The Morgan fingerprint density at radius 1 is 1.55 bits per heavy atom. The number of fused-ring (bicyclic) bond motifs is 1. The van der Waals surface area contributed by atoms with Crippen LogP contribution in [0.15, 0.2) is 18.2 Å². The van der Waals surface area contributed by atoms with E-state index in [4.69, 9.17) is 11.0 Å². The van der Waals surface area contributed by atoms with Crippen LogP contribution < -0.4 is 16.0 Å². The van der Waals surface area contributed by atoms with Gasteiger partial charge in [-0.3, -0.25) is 9.59 Å². The van der Waals surface area contributed by atoms with Gasteiger partial charge in [-0.2, -0.15) is 5.26 Å². The van der Waals surface area contributed by atoms with E-state index in [-0.39, 0.29) is 19.5 Å². The molecule has 1 unspecified atom stereocenters. The van der Waals surface area contributed by atoms with E-state index in [1.807, 2.05) is 6.07 Å². The van der Waals surface area contributed by atoms with Crippen molar-refractivity contribution in [3.8, 4) is 6.07 Å². The van der Waals surface area contributed by atoms with Gasteiger partial charge in [0.15, 0.2) is 0 Å². The lowest BCUT2D eigenvalue weighted by Gasteiger charge is -2.17. The van der Waals surface area contributed by atoms with Crippen molar-refractivity contribution in [2.75, 3.05) is 18.0 Å².